The lowest BCUT2D eigenvalue weighted by molar-refractivity contribution is 0.669. The first-order valence-corrected chi connectivity index (χ1v) is 15.3. The quantitative estimate of drug-likeness (QED) is 0.174. The molecule has 9 aromatic carbocycles. The summed E-state index contributed by atoms with van der Waals surface area (Å²) in [5.41, 5.74) is 0.240. The van der Waals surface area contributed by atoms with Crippen molar-refractivity contribution in [2.75, 3.05) is 0 Å². The molecular weight excluding hydrogens is 593 g/mol. The first-order valence-electron chi connectivity index (χ1n) is 24.8. The molecule has 228 valence electrons. The first kappa shape index (κ1) is 14.8. The van der Waals surface area contributed by atoms with Crippen LogP contribution in [0, 0.1) is 0 Å². The maximum atomic E-state index is 9.84. The van der Waals surface area contributed by atoms with E-state index in [0.29, 0.717) is 38.2 Å². The zero-order valence-electron chi connectivity index (χ0n) is 44.3. The van der Waals surface area contributed by atoms with Gasteiger partial charge >= 0.3 is 0 Å². The predicted octanol–water partition coefficient (Wildman–Crippen LogP) is 13.7. The van der Waals surface area contributed by atoms with Crippen molar-refractivity contribution in [3.05, 3.63) is 182 Å². The summed E-state index contributed by atoms with van der Waals surface area (Å²) in [6, 6.07) is 8.08. The third kappa shape index (κ3) is 4.55. The molecule has 0 aliphatic rings. The third-order valence-electron chi connectivity index (χ3n) is 8.62. The SMILES string of the molecule is [2H]c1c([2H])c([2H])c(-c2cc(-c3c([2H])c([2H])c([2H])c([2H])c3[2H])cc(-c3c4ccccc4c(-c4c([2H])c([2H])c5oc6c([2H])c7c([2H])c([2H])c([2H])c([2H])c7c([2H])c6c5c4[2H])c4ccccc34)c2)c([2H])c1[2H]. The van der Waals surface area contributed by atoms with Gasteiger partial charge in [-0.2, -0.15) is 0 Å². The van der Waals surface area contributed by atoms with Gasteiger partial charge in [0.25, 0.3) is 0 Å². The lowest BCUT2D eigenvalue weighted by Crippen LogP contribution is -1.92. The molecule has 0 amide bonds. The summed E-state index contributed by atoms with van der Waals surface area (Å²) in [6.45, 7) is 0. The fourth-order valence-corrected chi connectivity index (χ4v) is 6.54. The van der Waals surface area contributed by atoms with Gasteiger partial charge in [-0.25, -0.2) is 0 Å². The molecule has 1 nitrogen and oxygen atoms in total. The van der Waals surface area contributed by atoms with Gasteiger partial charge in [-0.15, -0.1) is 0 Å². The minimum Gasteiger partial charge on any atom is -0.456 e. The number of furan rings is 1. The fraction of sp³-hybridized carbons (Fsp3) is 0. The minimum absolute atomic E-state index is 0.0576. The van der Waals surface area contributed by atoms with Crippen LogP contribution in [0.1, 0.15) is 26.0 Å². The Balaban J connectivity index is 1.35. The molecule has 10 aromatic rings. The minimum atomic E-state index is -0.626. The van der Waals surface area contributed by atoms with Gasteiger partial charge in [0.2, 0.25) is 0 Å². The third-order valence-corrected chi connectivity index (χ3v) is 8.62. The van der Waals surface area contributed by atoms with Crippen LogP contribution < -0.4 is 0 Å². The molecule has 0 unspecified atom stereocenters. The highest BCUT2D eigenvalue weighted by molar-refractivity contribution is 6.22. The number of rotatable bonds is 4. The van der Waals surface area contributed by atoms with Crippen molar-refractivity contribution in [2.24, 2.45) is 0 Å². The molecule has 0 bridgehead atoms. The van der Waals surface area contributed by atoms with Gasteiger partial charge in [0.1, 0.15) is 11.2 Å². The molecule has 10 rings (SSSR count). The van der Waals surface area contributed by atoms with Crippen LogP contribution in [0.25, 0.3) is 98.8 Å². The highest BCUT2D eigenvalue weighted by Gasteiger charge is 2.19. The second-order valence-electron chi connectivity index (χ2n) is 11.4. The summed E-state index contributed by atoms with van der Waals surface area (Å²) >= 11 is 0. The lowest BCUT2D eigenvalue weighted by atomic mass is 9.84. The van der Waals surface area contributed by atoms with Gasteiger partial charge in [0.05, 0.1) is 26.0 Å². The van der Waals surface area contributed by atoms with E-state index in [2.05, 4.69) is 0 Å². The maximum absolute atomic E-state index is 9.84. The smallest absolute Gasteiger partial charge is 0.136 e. The Kier molecular flexibility index (Phi) is 3.34. The van der Waals surface area contributed by atoms with Gasteiger partial charge in [0, 0.05) is 10.8 Å². The highest BCUT2D eigenvalue weighted by Crippen LogP contribution is 2.46. The molecule has 0 radical (unpaired) electrons. The van der Waals surface area contributed by atoms with Crippen LogP contribution in [-0.2, 0) is 0 Å². The number of hydrogen-bond acceptors (Lipinski definition) is 1. The van der Waals surface area contributed by atoms with E-state index >= 15 is 0 Å². The molecule has 0 saturated carbocycles. The van der Waals surface area contributed by atoms with E-state index in [-0.39, 0.29) is 66.6 Å². The standard InChI is InChI=1S/C48H30O/c1-3-13-31(14-4-1)36-25-37(32-15-5-2-6-16-32)27-38(26-36)48-41-21-11-9-19-39(41)47(40-20-10-12-22-42(40)48)35-23-24-45-43(29-35)44-28-33-17-7-8-18-34(33)30-46(44)49-45/h1-30H/i1D,2D,3D,4D,5D,6D,7D,8D,13D,14D,15D,16D,17D,18D,23D,24D,28D,29D,30D. The molecule has 1 heterocycles. The Hall–Kier alpha value is -6.44. The number of benzene rings is 9. The van der Waals surface area contributed by atoms with Gasteiger partial charge in [-0.3, -0.25) is 0 Å². The molecular formula is C48H30O. The van der Waals surface area contributed by atoms with Crippen LogP contribution in [0.2, 0.25) is 0 Å². The molecule has 0 aliphatic heterocycles. The van der Waals surface area contributed by atoms with E-state index in [0.717, 1.165) is 0 Å². The fourth-order valence-electron chi connectivity index (χ4n) is 6.54. The lowest BCUT2D eigenvalue weighted by Gasteiger charge is -2.19. The van der Waals surface area contributed by atoms with Crippen molar-refractivity contribution in [2.45, 2.75) is 0 Å². The zero-order chi connectivity index (χ0) is 48.8. The summed E-state index contributed by atoms with van der Waals surface area (Å²) in [5, 5.41) is 1.07. The van der Waals surface area contributed by atoms with Crippen molar-refractivity contribution in [3.8, 4) is 44.5 Å². The molecule has 0 aliphatic carbocycles. The van der Waals surface area contributed by atoms with Gasteiger partial charge in [-0.05, 0) is 119 Å². The van der Waals surface area contributed by atoms with Crippen LogP contribution in [0.3, 0.4) is 0 Å². The van der Waals surface area contributed by atoms with E-state index in [1.807, 2.05) is 0 Å². The van der Waals surface area contributed by atoms with Crippen molar-refractivity contribution in [1.82, 2.24) is 0 Å². The van der Waals surface area contributed by atoms with Gasteiger partial charge in [-0.1, -0.05) is 139 Å². The van der Waals surface area contributed by atoms with Crippen molar-refractivity contribution >= 4 is 54.3 Å². The topological polar surface area (TPSA) is 13.1 Å². The Morgan fingerprint density at radius 1 is 0.347 bits per heavy atom. The van der Waals surface area contributed by atoms with E-state index < -0.39 is 109 Å². The average molecular weight is 642 g/mol. The first-order chi connectivity index (χ1) is 32.2. The summed E-state index contributed by atoms with van der Waals surface area (Å²) in [4.78, 5) is 0. The average Bonchev–Trinajstić information content (AvgIpc) is 3.75. The van der Waals surface area contributed by atoms with Crippen LogP contribution in [0.5, 0.6) is 0 Å². The van der Waals surface area contributed by atoms with Crippen molar-refractivity contribution in [1.29, 1.82) is 0 Å². The van der Waals surface area contributed by atoms with Crippen molar-refractivity contribution < 1.29 is 30.5 Å². The van der Waals surface area contributed by atoms with Crippen molar-refractivity contribution in [3.63, 3.8) is 0 Å². The molecule has 1 heteroatoms. The van der Waals surface area contributed by atoms with E-state index in [1.54, 1.807) is 60.7 Å². The molecule has 49 heavy (non-hydrogen) atoms. The number of fused-ring (bicyclic) bond motifs is 6. The van der Waals surface area contributed by atoms with Crippen LogP contribution in [0.15, 0.2) is 186 Å². The Morgan fingerprint density at radius 2 is 0.816 bits per heavy atom. The largest absolute Gasteiger partial charge is 0.456 e. The number of hydrogen-bond donors (Lipinski definition) is 0. The molecule has 1 aromatic heterocycles. The Morgan fingerprint density at radius 3 is 1.39 bits per heavy atom. The van der Waals surface area contributed by atoms with Crippen LogP contribution >= 0.6 is 0 Å². The summed E-state index contributed by atoms with van der Waals surface area (Å²) in [7, 11) is 0. The Bertz CT molecular complexity index is 3770. The van der Waals surface area contributed by atoms with Gasteiger partial charge in [0.15, 0.2) is 0 Å². The highest BCUT2D eigenvalue weighted by atomic mass is 16.3. The Labute approximate surface area is 311 Å². The van der Waals surface area contributed by atoms with Crippen LogP contribution in [-0.4, -0.2) is 0 Å². The molecule has 0 N–H and O–H groups in total. The van der Waals surface area contributed by atoms with Gasteiger partial charge < -0.3 is 4.42 Å². The molecule has 0 spiro atoms. The monoisotopic (exact) mass is 641 g/mol. The van der Waals surface area contributed by atoms with E-state index in [4.69, 9.17) is 25.0 Å². The van der Waals surface area contributed by atoms with E-state index in [9.17, 15) is 5.48 Å². The summed E-state index contributed by atoms with van der Waals surface area (Å²) < 4.78 is 173. The molecule has 0 fully saturated rings. The van der Waals surface area contributed by atoms with Crippen LogP contribution in [0.4, 0.5) is 0 Å². The molecule has 0 atom stereocenters. The molecule has 0 saturated heterocycles. The maximum Gasteiger partial charge on any atom is 0.136 e. The van der Waals surface area contributed by atoms with E-state index in [1.165, 1.54) is 6.07 Å². The summed E-state index contributed by atoms with van der Waals surface area (Å²) in [6.07, 6.45) is 0. The second-order valence-corrected chi connectivity index (χ2v) is 11.4. The zero-order valence-corrected chi connectivity index (χ0v) is 25.3. The normalized spacial score (nSPS) is 17.1. The second kappa shape index (κ2) is 11.1. The summed E-state index contributed by atoms with van der Waals surface area (Å²) in [5.74, 6) is 0. The predicted molar refractivity (Wildman–Crippen MR) is 208 cm³/mol.